The molecule has 0 amide bonds. The van der Waals surface area contributed by atoms with Gasteiger partial charge in [0.2, 0.25) is 0 Å². The summed E-state index contributed by atoms with van der Waals surface area (Å²) in [5.74, 6) is -0.325. The van der Waals surface area contributed by atoms with E-state index in [-0.39, 0.29) is 19.2 Å². The number of aliphatic hydroxyl groups excluding tert-OH is 4. The van der Waals surface area contributed by atoms with E-state index < -0.39 is 43.4 Å². The number of allylic oxidation sites excluding steroid dienone is 10. The van der Waals surface area contributed by atoms with Crippen molar-refractivity contribution < 1.29 is 44.2 Å². The minimum absolute atomic E-state index is 0.121. The molecule has 1 fully saturated rings. The van der Waals surface area contributed by atoms with Crippen LogP contribution in [0.3, 0.4) is 0 Å². The lowest BCUT2D eigenvalue weighted by molar-refractivity contribution is -0.305. The fourth-order valence-corrected chi connectivity index (χ4v) is 7.30. The Morgan fingerprint density at radius 1 is 0.541 bits per heavy atom. The quantitative estimate of drug-likeness (QED) is 0.0269. The SMILES string of the molecule is CC/C=C\C/C=C\C/C=C\C/C=C\CCCCCCCCCCCOCC(COC1OC(CO)C(O)C(O)C1O)OC(=O)CCCCCCC/C=C\CCCCCCCCC. The molecule has 1 aliphatic heterocycles. The summed E-state index contributed by atoms with van der Waals surface area (Å²) in [7, 11) is 0. The second-order valence-electron chi connectivity index (χ2n) is 16.9. The summed E-state index contributed by atoms with van der Waals surface area (Å²) >= 11 is 0. The maximum Gasteiger partial charge on any atom is 0.306 e. The van der Waals surface area contributed by atoms with Gasteiger partial charge in [-0.25, -0.2) is 0 Å². The molecular weight excluding hydrogens is 769 g/mol. The summed E-state index contributed by atoms with van der Waals surface area (Å²) in [5.41, 5.74) is 0. The summed E-state index contributed by atoms with van der Waals surface area (Å²) in [5, 5.41) is 40.2. The maximum absolute atomic E-state index is 12.8. The van der Waals surface area contributed by atoms with Crippen molar-refractivity contribution in [3.05, 3.63) is 60.8 Å². The van der Waals surface area contributed by atoms with E-state index in [9.17, 15) is 25.2 Å². The molecule has 61 heavy (non-hydrogen) atoms. The van der Waals surface area contributed by atoms with Crippen LogP contribution in [0.1, 0.15) is 200 Å². The van der Waals surface area contributed by atoms with Crippen molar-refractivity contribution in [2.45, 2.75) is 237 Å². The number of carbonyl (C=O) groups excluding carboxylic acids is 1. The van der Waals surface area contributed by atoms with E-state index in [1.807, 2.05) is 0 Å². The first kappa shape index (κ1) is 56.9. The Bertz CT molecular complexity index is 1120. The predicted molar refractivity (Wildman–Crippen MR) is 251 cm³/mol. The summed E-state index contributed by atoms with van der Waals surface area (Å²) in [6.07, 6.45) is 48.2. The minimum atomic E-state index is -1.54. The minimum Gasteiger partial charge on any atom is -0.457 e. The van der Waals surface area contributed by atoms with Crippen molar-refractivity contribution in [1.29, 1.82) is 0 Å². The van der Waals surface area contributed by atoms with Gasteiger partial charge in [0.1, 0.15) is 30.5 Å². The van der Waals surface area contributed by atoms with Crippen LogP contribution in [0.2, 0.25) is 0 Å². The third kappa shape index (κ3) is 34.0. The number of hydrogen-bond donors (Lipinski definition) is 4. The first-order valence-electron chi connectivity index (χ1n) is 24.9. The van der Waals surface area contributed by atoms with E-state index in [4.69, 9.17) is 18.9 Å². The van der Waals surface area contributed by atoms with Gasteiger partial charge in [0.05, 0.1) is 19.8 Å². The molecule has 9 heteroatoms. The molecule has 0 aromatic rings. The highest BCUT2D eigenvalue weighted by Crippen LogP contribution is 2.22. The third-order valence-electron chi connectivity index (χ3n) is 11.2. The second-order valence-corrected chi connectivity index (χ2v) is 16.9. The highest BCUT2D eigenvalue weighted by molar-refractivity contribution is 5.69. The molecule has 0 radical (unpaired) electrons. The lowest BCUT2D eigenvalue weighted by atomic mass is 9.99. The molecule has 1 rings (SSSR count). The van der Waals surface area contributed by atoms with Crippen LogP contribution in [-0.4, -0.2) is 89.6 Å². The zero-order chi connectivity index (χ0) is 44.3. The molecule has 0 aliphatic carbocycles. The van der Waals surface area contributed by atoms with Gasteiger partial charge in [-0.3, -0.25) is 4.79 Å². The second kappa shape index (κ2) is 43.2. The lowest BCUT2D eigenvalue weighted by Crippen LogP contribution is -2.59. The van der Waals surface area contributed by atoms with Gasteiger partial charge < -0.3 is 39.4 Å². The van der Waals surface area contributed by atoms with Gasteiger partial charge in [-0.2, -0.15) is 0 Å². The Balaban J connectivity index is 2.22. The molecule has 1 aliphatic rings. The molecule has 0 aromatic carbocycles. The number of carbonyl (C=O) groups is 1. The van der Waals surface area contributed by atoms with E-state index in [1.165, 1.54) is 103 Å². The largest absolute Gasteiger partial charge is 0.457 e. The molecule has 1 saturated heterocycles. The number of esters is 1. The Labute approximate surface area is 373 Å². The van der Waals surface area contributed by atoms with Gasteiger partial charge in [0.15, 0.2) is 6.29 Å². The molecule has 354 valence electrons. The van der Waals surface area contributed by atoms with Crippen LogP contribution in [-0.2, 0) is 23.7 Å². The number of hydrogen-bond acceptors (Lipinski definition) is 9. The standard InChI is InChI=1S/C52H92O9/c1-3-5-7-9-11-13-15-17-19-21-22-23-24-25-26-28-30-32-34-36-38-40-42-58-44-46(45-59-52-51(57)50(56)49(55)47(43-53)61-52)60-48(54)41-39-37-35-33-31-29-27-20-18-16-14-12-10-8-6-4-2/h5,7,11,13,17,19-20,22-23,27,46-47,49-53,55-57H,3-4,6,8-10,12,14-16,18,21,24-26,28-45H2,1-2H3/b7-5-,13-11-,19-17-,23-22-,27-20-. The van der Waals surface area contributed by atoms with E-state index in [2.05, 4.69) is 74.6 Å². The number of unbranched alkanes of at least 4 members (excludes halogenated alkanes) is 21. The molecule has 0 aromatic heterocycles. The van der Waals surface area contributed by atoms with Crippen molar-refractivity contribution in [3.8, 4) is 0 Å². The zero-order valence-corrected chi connectivity index (χ0v) is 38.9. The van der Waals surface area contributed by atoms with Gasteiger partial charge in [-0.05, 0) is 77.0 Å². The smallest absolute Gasteiger partial charge is 0.306 e. The fourth-order valence-electron chi connectivity index (χ4n) is 7.30. The van der Waals surface area contributed by atoms with Gasteiger partial charge in [-0.1, -0.05) is 177 Å². The summed E-state index contributed by atoms with van der Waals surface area (Å²) in [6, 6.07) is 0. The lowest BCUT2D eigenvalue weighted by Gasteiger charge is -2.39. The van der Waals surface area contributed by atoms with Crippen molar-refractivity contribution in [3.63, 3.8) is 0 Å². The number of rotatable bonds is 42. The van der Waals surface area contributed by atoms with E-state index in [1.54, 1.807) is 0 Å². The monoisotopic (exact) mass is 861 g/mol. The number of ether oxygens (including phenoxy) is 4. The van der Waals surface area contributed by atoms with Crippen LogP contribution in [0.4, 0.5) is 0 Å². The molecule has 0 spiro atoms. The molecule has 0 saturated carbocycles. The summed E-state index contributed by atoms with van der Waals surface area (Å²) < 4.78 is 22.9. The highest BCUT2D eigenvalue weighted by atomic mass is 16.7. The van der Waals surface area contributed by atoms with Gasteiger partial charge in [0.25, 0.3) is 0 Å². The first-order chi connectivity index (χ1) is 29.9. The average molecular weight is 861 g/mol. The van der Waals surface area contributed by atoms with Crippen LogP contribution in [0, 0.1) is 0 Å². The van der Waals surface area contributed by atoms with E-state index >= 15 is 0 Å². The molecule has 6 atom stereocenters. The Hall–Kier alpha value is -2.11. The van der Waals surface area contributed by atoms with Gasteiger partial charge >= 0.3 is 5.97 Å². The highest BCUT2D eigenvalue weighted by Gasteiger charge is 2.44. The summed E-state index contributed by atoms with van der Waals surface area (Å²) in [4.78, 5) is 12.8. The molecule has 1 heterocycles. The Morgan fingerprint density at radius 3 is 1.52 bits per heavy atom. The van der Waals surface area contributed by atoms with Crippen molar-refractivity contribution in [2.24, 2.45) is 0 Å². The Morgan fingerprint density at radius 2 is 1.00 bits per heavy atom. The van der Waals surface area contributed by atoms with Crippen LogP contribution < -0.4 is 0 Å². The van der Waals surface area contributed by atoms with Crippen LogP contribution in [0.15, 0.2) is 60.8 Å². The van der Waals surface area contributed by atoms with Crippen molar-refractivity contribution in [1.82, 2.24) is 0 Å². The normalized spacial score (nSPS) is 20.4. The molecule has 4 N–H and O–H groups in total. The van der Waals surface area contributed by atoms with Crippen molar-refractivity contribution in [2.75, 3.05) is 26.4 Å². The van der Waals surface area contributed by atoms with Gasteiger partial charge in [-0.15, -0.1) is 0 Å². The van der Waals surface area contributed by atoms with Crippen LogP contribution >= 0.6 is 0 Å². The van der Waals surface area contributed by atoms with Crippen molar-refractivity contribution >= 4 is 5.97 Å². The number of aliphatic hydroxyl groups is 4. The maximum atomic E-state index is 12.8. The average Bonchev–Trinajstić information content (AvgIpc) is 3.26. The molecule has 6 unspecified atom stereocenters. The Kier molecular flexibility index (Phi) is 40.3. The molecule has 9 nitrogen and oxygen atoms in total. The predicted octanol–water partition coefficient (Wildman–Crippen LogP) is 11.9. The van der Waals surface area contributed by atoms with Crippen LogP contribution in [0.5, 0.6) is 0 Å². The van der Waals surface area contributed by atoms with E-state index in [0.717, 1.165) is 77.0 Å². The topological polar surface area (TPSA) is 135 Å². The molecular formula is C52H92O9. The van der Waals surface area contributed by atoms with Crippen LogP contribution in [0.25, 0.3) is 0 Å². The first-order valence-corrected chi connectivity index (χ1v) is 24.9. The summed E-state index contributed by atoms with van der Waals surface area (Å²) in [6.45, 7) is 4.43. The van der Waals surface area contributed by atoms with Gasteiger partial charge in [0, 0.05) is 13.0 Å². The third-order valence-corrected chi connectivity index (χ3v) is 11.2. The van der Waals surface area contributed by atoms with E-state index in [0.29, 0.717) is 13.0 Å². The molecule has 0 bridgehead atoms. The fraction of sp³-hybridized carbons (Fsp3) is 0.788. The zero-order valence-electron chi connectivity index (χ0n) is 38.9.